The Balaban J connectivity index is 2.98. The van der Waals surface area contributed by atoms with Crippen LogP contribution < -0.4 is 10.2 Å². The number of ether oxygens (including phenoxy) is 1. The third kappa shape index (κ3) is 4.00. The van der Waals surface area contributed by atoms with E-state index < -0.39 is 11.0 Å². The molecule has 2 N–H and O–H groups in total. The van der Waals surface area contributed by atoms with Crippen molar-refractivity contribution >= 4 is 17.5 Å². The molecule has 1 aromatic rings. The third-order valence-corrected chi connectivity index (χ3v) is 2.38. The molecule has 19 heavy (non-hydrogen) atoms. The second-order valence-corrected chi connectivity index (χ2v) is 3.90. The average molecular weight is 271 g/mol. The summed E-state index contributed by atoms with van der Waals surface area (Å²) in [6.07, 6.45) is 0.371. The van der Waals surface area contributed by atoms with Crippen LogP contribution in [0.15, 0.2) is 6.20 Å². The van der Waals surface area contributed by atoms with Gasteiger partial charge in [0.25, 0.3) is 0 Å². The normalized spacial score (nSPS) is 12.0. The minimum Gasteiger partial charge on any atom is -0.389 e. The zero-order valence-corrected chi connectivity index (χ0v) is 11.0. The van der Waals surface area contributed by atoms with Crippen LogP contribution in [0.25, 0.3) is 0 Å². The first-order valence-electron chi connectivity index (χ1n) is 5.57. The average Bonchev–Trinajstić information content (AvgIpc) is 2.37. The van der Waals surface area contributed by atoms with Gasteiger partial charge >= 0.3 is 5.69 Å². The maximum Gasteiger partial charge on any atom is 0.329 e. The molecule has 1 rings (SSSR count). The molecule has 0 fully saturated rings. The smallest absolute Gasteiger partial charge is 0.329 e. The van der Waals surface area contributed by atoms with Gasteiger partial charge in [-0.25, -0.2) is 4.98 Å². The van der Waals surface area contributed by atoms with Crippen molar-refractivity contribution in [2.45, 2.75) is 6.10 Å². The molecule has 0 aliphatic heterocycles. The summed E-state index contributed by atoms with van der Waals surface area (Å²) in [7, 11) is 4.69. The van der Waals surface area contributed by atoms with Crippen molar-refractivity contribution in [3.63, 3.8) is 0 Å². The summed E-state index contributed by atoms with van der Waals surface area (Å²) in [5.74, 6) is 0.410. The molecule has 0 radical (unpaired) electrons. The van der Waals surface area contributed by atoms with E-state index in [1.54, 1.807) is 14.1 Å². The monoisotopic (exact) mass is 271 g/mol. The summed E-state index contributed by atoms with van der Waals surface area (Å²) in [6, 6.07) is 0. The molecule has 0 amide bonds. The third-order valence-electron chi connectivity index (χ3n) is 2.38. The molecule has 0 saturated carbocycles. The SMILES string of the molecule is CNc1ncc([N+](=O)[O-])c(N(C)CC(O)COC)n1. The lowest BCUT2D eigenvalue weighted by atomic mass is 10.3. The Hall–Kier alpha value is -2.00. The van der Waals surface area contributed by atoms with Gasteiger partial charge in [-0.1, -0.05) is 0 Å². The van der Waals surface area contributed by atoms with Gasteiger partial charge in [-0.2, -0.15) is 4.98 Å². The van der Waals surface area contributed by atoms with Crippen LogP contribution in [0.1, 0.15) is 0 Å². The van der Waals surface area contributed by atoms with Gasteiger partial charge in [-0.15, -0.1) is 0 Å². The molecular formula is C10H17N5O4. The maximum atomic E-state index is 10.9. The summed E-state index contributed by atoms with van der Waals surface area (Å²) in [6.45, 7) is 0.303. The zero-order chi connectivity index (χ0) is 14.4. The first-order valence-corrected chi connectivity index (χ1v) is 5.57. The molecule has 0 spiro atoms. The first-order chi connectivity index (χ1) is 8.99. The van der Waals surface area contributed by atoms with Crippen molar-refractivity contribution < 1.29 is 14.8 Å². The van der Waals surface area contributed by atoms with Gasteiger partial charge in [0.05, 0.1) is 17.6 Å². The van der Waals surface area contributed by atoms with Gasteiger partial charge in [0.15, 0.2) is 0 Å². The Bertz CT molecular complexity index is 442. The number of nitro groups is 1. The van der Waals surface area contributed by atoms with Crippen molar-refractivity contribution in [3.05, 3.63) is 16.3 Å². The van der Waals surface area contributed by atoms with Crippen LogP contribution in [0.4, 0.5) is 17.5 Å². The fourth-order valence-corrected chi connectivity index (χ4v) is 1.54. The van der Waals surface area contributed by atoms with Gasteiger partial charge in [0.2, 0.25) is 11.8 Å². The molecule has 9 nitrogen and oxygen atoms in total. The van der Waals surface area contributed by atoms with Gasteiger partial charge < -0.3 is 20.1 Å². The number of aromatic nitrogens is 2. The van der Waals surface area contributed by atoms with Crippen LogP contribution >= 0.6 is 0 Å². The second kappa shape index (κ2) is 6.81. The molecule has 0 bridgehead atoms. The van der Waals surface area contributed by atoms with Crippen LogP contribution in [0.2, 0.25) is 0 Å². The Morgan fingerprint density at radius 1 is 1.68 bits per heavy atom. The molecule has 0 aromatic carbocycles. The highest BCUT2D eigenvalue weighted by molar-refractivity contribution is 5.58. The number of hydrogen-bond acceptors (Lipinski definition) is 8. The van der Waals surface area contributed by atoms with E-state index in [-0.39, 0.29) is 30.6 Å². The summed E-state index contributed by atoms with van der Waals surface area (Å²) in [4.78, 5) is 19.7. The highest BCUT2D eigenvalue weighted by Gasteiger charge is 2.22. The fourth-order valence-electron chi connectivity index (χ4n) is 1.54. The highest BCUT2D eigenvalue weighted by atomic mass is 16.6. The molecule has 106 valence electrons. The Morgan fingerprint density at radius 2 is 2.37 bits per heavy atom. The lowest BCUT2D eigenvalue weighted by Gasteiger charge is -2.21. The lowest BCUT2D eigenvalue weighted by molar-refractivity contribution is -0.384. The topological polar surface area (TPSA) is 114 Å². The van der Waals surface area contributed by atoms with Crippen LogP contribution in [0.5, 0.6) is 0 Å². The number of aliphatic hydroxyl groups is 1. The van der Waals surface area contributed by atoms with E-state index in [1.807, 2.05) is 0 Å². The van der Waals surface area contributed by atoms with E-state index in [1.165, 1.54) is 12.0 Å². The maximum absolute atomic E-state index is 10.9. The minimum absolute atomic E-state index is 0.138. The van der Waals surface area contributed by atoms with Gasteiger partial charge in [-0.05, 0) is 0 Å². The quantitative estimate of drug-likeness (QED) is 0.520. The number of hydrogen-bond donors (Lipinski definition) is 2. The van der Waals surface area contributed by atoms with Gasteiger partial charge in [-0.3, -0.25) is 10.1 Å². The lowest BCUT2D eigenvalue weighted by Crippen LogP contribution is -2.33. The molecule has 9 heteroatoms. The second-order valence-electron chi connectivity index (χ2n) is 3.90. The van der Waals surface area contributed by atoms with Crippen molar-refractivity contribution in [2.75, 3.05) is 44.6 Å². The summed E-state index contributed by atoms with van der Waals surface area (Å²) in [5, 5.41) is 23.3. The number of anilines is 2. The molecule has 1 aromatic heterocycles. The zero-order valence-electron chi connectivity index (χ0n) is 11.0. The first kappa shape index (κ1) is 15.1. The number of nitrogens with zero attached hydrogens (tertiary/aromatic N) is 4. The van der Waals surface area contributed by atoms with Crippen molar-refractivity contribution in [3.8, 4) is 0 Å². The number of nitrogens with one attached hydrogen (secondary N) is 1. The Kier molecular flexibility index (Phi) is 5.39. The Labute approximate surface area is 110 Å². The van der Waals surface area contributed by atoms with E-state index >= 15 is 0 Å². The molecule has 1 atom stereocenters. The molecular weight excluding hydrogens is 254 g/mol. The molecule has 1 unspecified atom stereocenters. The molecule has 1 heterocycles. The summed E-state index contributed by atoms with van der Waals surface area (Å²) < 4.78 is 4.81. The van der Waals surface area contributed by atoms with Crippen molar-refractivity contribution in [1.82, 2.24) is 9.97 Å². The highest BCUT2D eigenvalue weighted by Crippen LogP contribution is 2.25. The van der Waals surface area contributed by atoms with E-state index in [4.69, 9.17) is 4.74 Å². The summed E-state index contributed by atoms with van der Waals surface area (Å²) >= 11 is 0. The predicted molar refractivity (Wildman–Crippen MR) is 69.4 cm³/mol. The van der Waals surface area contributed by atoms with E-state index in [0.717, 1.165) is 6.20 Å². The standard InChI is InChI=1S/C10H17N5O4/c1-11-10-12-4-8(15(17)18)9(13-10)14(2)5-7(16)6-19-3/h4,7,16H,5-6H2,1-3H3,(H,11,12,13). The van der Waals surface area contributed by atoms with E-state index in [0.29, 0.717) is 0 Å². The van der Waals surface area contributed by atoms with Crippen LogP contribution in [0, 0.1) is 10.1 Å². The van der Waals surface area contributed by atoms with Crippen LogP contribution in [-0.2, 0) is 4.74 Å². The minimum atomic E-state index is -0.761. The van der Waals surface area contributed by atoms with E-state index in [2.05, 4.69) is 15.3 Å². The fraction of sp³-hybridized carbons (Fsp3) is 0.600. The van der Waals surface area contributed by atoms with Crippen molar-refractivity contribution in [1.29, 1.82) is 0 Å². The largest absolute Gasteiger partial charge is 0.389 e. The number of aliphatic hydroxyl groups excluding tert-OH is 1. The van der Waals surface area contributed by atoms with Crippen molar-refractivity contribution in [2.24, 2.45) is 0 Å². The Morgan fingerprint density at radius 3 is 2.89 bits per heavy atom. The van der Waals surface area contributed by atoms with E-state index in [9.17, 15) is 15.2 Å². The molecule has 0 aliphatic carbocycles. The van der Waals surface area contributed by atoms with Gasteiger partial charge in [0, 0.05) is 27.7 Å². The predicted octanol–water partition coefficient (Wildman–Crippen LogP) is -0.130. The number of methoxy groups -OCH3 is 1. The molecule has 0 saturated heterocycles. The number of likely N-dealkylation sites (N-methyl/N-ethyl adjacent to an activating group) is 1. The van der Waals surface area contributed by atoms with Gasteiger partial charge in [0.1, 0.15) is 6.20 Å². The number of rotatable bonds is 7. The molecule has 0 aliphatic rings. The van der Waals surface area contributed by atoms with Crippen LogP contribution in [-0.4, -0.2) is 60.5 Å². The summed E-state index contributed by atoms with van der Waals surface area (Å²) in [5.41, 5.74) is -0.217. The van der Waals surface area contributed by atoms with Crippen LogP contribution in [0.3, 0.4) is 0 Å².